The third-order valence-corrected chi connectivity index (χ3v) is 8.01. The molecule has 4 heteroatoms. The molecule has 0 aromatic carbocycles. The van der Waals surface area contributed by atoms with Crippen molar-refractivity contribution in [3.8, 4) is 0 Å². The van der Waals surface area contributed by atoms with Crippen LogP contribution in [0.25, 0.3) is 0 Å². The zero-order chi connectivity index (χ0) is 19.7. The second-order valence-electron chi connectivity index (χ2n) is 11.2. The van der Waals surface area contributed by atoms with Gasteiger partial charge in [0.25, 0.3) is 0 Å². The minimum Gasteiger partial charge on any atom is -0.352 e. The number of hydrogen-bond acceptors (Lipinski definition) is 2. The van der Waals surface area contributed by atoms with Crippen LogP contribution in [0.3, 0.4) is 0 Å². The van der Waals surface area contributed by atoms with E-state index in [1.807, 2.05) is 0 Å². The molecule has 0 radical (unpaired) electrons. The first-order valence-corrected chi connectivity index (χ1v) is 12.0. The lowest BCUT2D eigenvalue weighted by atomic mass is 9.49. The topological polar surface area (TPSA) is 58.2 Å². The van der Waals surface area contributed by atoms with Gasteiger partial charge in [-0.15, -0.1) is 0 Å². The van der Waals surface area contributed by atoms with Gasteiger partial charge in [-0.25, -0.2) is 0 Å². The van der Waals surface area contributed by atoms with E-state index in [0.29, 0.717) is 18.4 Å². The van der Waals surface area contributed by atoms with Crippen molar-refractivity contribution in [2.24, 2.45) is 29.1 Å². The highest BCUT2D eigenvalue weighted by molar-refractivity contribution is 5.88. The third-order valence-electron chi connectivity index (χ3n) is 8.01. The molecule has 5 saturated carbocycles. The predicted molar refractivity (Wildman–Crippen MR) is 112 cm³/mol. The van der Waals surface area contributed by atoms with E-state index in [1.54, 1.807) is 0 Å². The summed E-state index contributed by atoms with van der Waals surface area (Å²) in [4.78, 5) is 25.9. The van der Waals surface area contributed by atoms with Crippen LogP contribution >= 0.6 is 0 Å². The van der Waals surface area contributed by atoms with Gasteiger partial charge in [0.1, 0.15) is 6.04 Å². The van der Waals surface area contributed by atoms with Crippen LogP contribution in [0.4, 0.5) is 0 Å². The van der Waals surface area contributed by atoms with Gasteiger partial charge >= 0.3 is 0 Å². The summed E-state index contributed by atoms with van der Waals surface area (Å²) in [6.45, 7) is 4.26. The van der Waals surface area contributed by atoms with E-state index in [-0.39, 0.29) is 23.3 Å². The standard InChI is InChI=1S/C24H40N2O2/c1-16(2)8-21(23(28)25-20-6-4-3-5-7-20)26-22(27)15-24-12-17-9-18(13-24)11-19(10-17)14-24/h16-21H,3-15H2,1-2H3,(H,25,28)(H,26,27). The molecule has 0 saturated heterocycles. The minimum absolute atomic E-state index is 0.0412. The molecule has 5 aliphatic rings. The highest BCUT2D eigenvalue weighted by atomic mass is 16.2. The molecule has 1 atom stereocenters. The Morgan fingerprint density at radius 2 is 1.50 bits per heavy atom. The van der Waals surface area contributed by atoms with Crippen molar-refractivity contribution < 1.29 is 9.59 Å². The Bertz CT molecular complexity index is 544. The molecule has 0 aromatic heterocycles. The fraction of sp³-hybridized carbons (Fsp3) is 0.917. The van der Waals surface area contributed by atoms with E-state index >= 15 is 0 Å². The Morgan fingerprint density at radius 3 is 2.04 bits per heavy atom. The van der Waals surface area contributed by atoms with Crippen molar-refractivity contribution in [2.45, 2.75) is 109 Å². The largest absolute Gasteiger partial charge is 0.352 e. The average Bonchev–Trinajstić information content (AvgIpc) is 2.60. The van der Waals surface area contributed by atoms with Crippen molar-refractivity contribution in [2.75, 3.05) is 0 Å². The van der Waals surface area contributed by atoms with E-state index in [4.69, 9.17) is 0 Å². The summed E-state index contributed by atoms with van der Waals surface area (Å²) in [5.74, 6) is 3.13. The van der Waals surface area contributed by atoms with Gasteiger partial charge < -0.3 is 10.6 Å². The van der Waals surface area contributed by atoms with Crippen LogP contribution in [0.5, 0.6) is 0 Å². The molecule has 4 nitrogen and oxygen atoms in total. The summed E-state index contributed by atoms with van der Waals surface area (Å²) in [6.07, 6.45) is 15.2. The zero-order valence-corrected chi connectivity index (χ0v) is 18.0. The average molecular weight is 389 g/mol. The van der Waals surface area contributed by atoms with Crippen LogP contribution in [0.1, 0.15) is 97.3 Å². The van der Waals surface area contributed by atoms with Crippen LogP contribution in [-0.4, -0.2) is 23.9 Å². The van der Waals surface area contributed by atoms with Crippen molar-refractivity contribution in [1.82, 2.24) is 10.6 Å². The normalized spacial score (nSPS) is 35.8. The maximum atomic E-state index is 13.0. The Hall–Kier alpha value is -1.06. The van der Waals surface area contributed by atoms with E-state index in [1.165, 1.54) is 57.8 Å². The highest BCUT2D eigenvalue weighted by Crippen LogP contribution is 2.61. The maximum Gasteiger partial charge on any atom is 0.242 e. The van der Waals surface area contributed by atoms with Crippen molar-refractivity contribution in [1.29, 1.82) is 0 Å². The van der Waals surface area contributed by atoms with Crippen molar-refractivity contribution in [3.63, 3.8) is 0 Å². The molecule has 5 aliphatic carbocycles. The molecule has 1 unspecified atom stereocenters. The summed E-state index contributed by atoms with van der Waals surface area (Å²) in [5, 5.41) is 6.40. The molecule has 4 bridgehead atoms. The summed E-state index contributed by atoms with van der Waals surface area (Å²) >= 11 is 0. The quantitative estimate of drug-likeness (QED) is 0.671. The van der Waals surface area contributed by atoms with Crippen LogP contribution in [0.2, 0.25) is 0 Å². The van der Waals surface area contributed by atoms with Gasteiger partial charge in [-0.05, 0) is 86.9 Å². The second-order valence-corrected chi connectivity index (χ2v) is 11.2. The lowest BCUT2D eigenvalue weighted by Gasteiger charge is -2.56. The van der Waals surface area contributed by atoms with Gasteiger partial charge in [0, 0.05) is 12.5 Å². The number of carbonyl (C=O) groups is 2. The molecule has 0 aliphatic heterocycles. The van der Waals surface area contributed by atoms with Gasteiger partial charge in [0.15, 0.2) is 0 Å². The minimum atomic E-state index is -0.372. The fourth-order valence-electron chi connectivity index (χ4n) is 7.34. The molecule has 158 valence electrons. The first kappa shape index (κ1) is 20.2. The van der Waals surface area contributed by atoms with Crippen LogP contribution in [0.15, 0.2) is 0 Å². The monoisotopic (exact) mass is 388 g/mol. The second kappa shape index (κ2) is 8.36. The summed E-state index contributed by atoms with van der Waals surface area (Å²) in [7, 11) is 0. The Morgan fingerprint density at radius 1 is 0.929 bits per heavy atom. The molecular weight excluding hydrogens is 348 g/mol. The zero-order valence-electron chi connectivity index (χ0n) is 18.0. The number of rotatable bonds is 7. The summed E-state index contributed by atoms with van der Waals surface area (Å²) in [6, 6.07) is -0.0701. The van der Waals surface area contributed by atoms with Crippen molar-refractivity contribution >= 4 is 11.8 Å². The Labute approximate surface area is 171 Å². The van der Waals surface area contributed by atoms with E-state index in [0.717, 1.165) is 37.0 Å². The molecule has 2 N–H and O–H groups in total. The smallest absolute Gasteiger partial charge is 0.242 e. The van der Waals surface area contributed by atoms with E-state index in [9.17, 15) is 9.59 Å². The lowest BCUT2D eigenvalue weighted by Crippen LogP contribution is -2.52. The molecule has 28 heavy (non-hydrogen) atoms. The lowest BCUT2D eigenvalue weighted by molar-refractivity contribution is -0.134. The number of nitrogens with one attached hydrogen (secondary N) is 2. The van der Waals surface area contributed by atoms with E-state index < -0.39 is 0 Å². The first-order valence-electron chi connectivity index (χ1n) is 12.0. The van der Waals surface area contributed by atoms with Crippen LogP contribution in [-0.2, 0) is 9.59 Å². The molecule has 0 heterocycles. The van der Waals surface area contributed by atoms with Gasteiger partial charge in [0.05, 0.1) is 0 Å². The highest BCUT2D eigenvalue weighted by Gasteiger charge is 2.51. The van der Waals surface area contributed by atoms with E-state index in [2.05, 4.69) is 24.5 Å². The first-order chi connectivity index (χ1) is 13.4. The molecule has 0 spiro atoms. The Kier molecular flexibility index (Phi) is 6.04. The summed E-state index contributed by atoms with van der Waals surface area (Å²) in [5.41, 5.74) is 0.237. The maximum absolute atomic E-state index is 13.0. The fourth-order valence-corrected chi connectivity index (χ4v) is 7.34. The molecule has 0 aromatic rings. The van der Waals surface area contributed by atoms with Gasteiger partial charge in [0.2, 0.25) is 11.8 Å². The molecule has 5 fully saturated rings. The number of amides is 2. The third kappa shape index (κ3) is 4.74. The Balaban J connectivity index is 1.35. The van der Waals surface area contributed by atoms with Gasteiger partial charge in [-0.3, -0.25) is 9.59 Å². The molecular formula is C24H40N2O2. The predicted octanol–water partition coefficient (Wildman–Crippen LogP) is 4.57. The number of hydrogen-bond donors (Lipinski definition) is 2. The van der Waals surface area contributed by atoms with Crippen molar-refractivity contribution in [3.05, 3.63) is 0 Å². The van der Waals surface area contributed by atoms with Crippen LogP contribution < -0.4 is 10.6 Å². The summed E-state index contributed by atoms with van der Waals surface area (Å²) < 4.78 is 0. The molecule has 5 rings (SSSR count). The SMILES string of the molecule is CC(C)CC(NC(=O)CC12CC3CC(CC(C3)C1)C2)C(=O)NC1CCCCC1. The van der Waals surface area contributed by atoms with Crippen LogP contribution in [0, 0.1) is 29.1 Å². The van der Waals surface area contributed by atoms with Gasteiger partial charge in [-0.1, -0.05) is 33.1 Å². The number of carbonyl (C=O) groups excluding carboxylic acids is 2. The van der Waals surface area contributed by atoms with Gasteiger partial charge in [-0.2, -0.15) is 0 Å². The molecule has 2 amide bonds.